The molecule has 1 aromatic rings. The Morgan fingerprint density at radius 1 is 1.42 bits per heavy atom. The van der Waals surface area contributed by atoms with Gasteiger partial charge in [0.15, 0.2) is 0 Å². The van der Waals surface area contributed by atoms with E-state index in [9.17, 15) is 21.6 Å². The minimum Gasteiger partial charge on any atom is -0.389 e. The van der Waals surface area contributed by atoms with Crippen molar-refractivity contribution in [2.24, 2.45) is 5.73 Å². The number of sulfonamides is 1. The first-order valence-electron chi connectivity index (χ1n) is 5.00. The van der Waals surface area contributed by atoms with Gasteiger partial charge in [-0.1, -0.05) is 18.3 Å². The Kier molecular flexibility index (Phi) is 4.54. The summed E-state index contributed by atoms with van der Waals surface area (Å²) in [5.41, 5.74) is 6.09. The minimum atomic E-state index is -4.61. The molecule has 3 N–H and O–H groups in total. The third-order valence-electron chi connectivity index (χ3n) is 2.21. The van der Waals surface area contributed by atoms with Crippen LogP contribution < -0.4 is 10.5 Å². The average Bonchev–Trinajstić information content (AvgIpc) is 2.25. The van der Waals surface area contributed by atoms with E-state index in [4.69, 9.17) is 18.0 Å². The molecule has 0 aliphatic rings. The molecule has 0 amide bonds. The Bertz CT molecular complexity index is 597. The standard InChI is InChI=1S/C10H11F3N2O2S2/c1-6-4-7(9(14)18)2-3-8(6)19(16,17)15-5-10(11,12)13/h2-4,15H,5H2,1H3,(H2,14,18). The molecule has 0 radical (unpaired) electrons. The molecule has 0 spiro atoms. The van der Waals surface area contributed by atoms with Crippen LogP contribution in [-0.2, 0) is 10.0 Å². The van der Waals surface area contributed by atoms with Crippen LogP contribution >= 0.6 is 12.2 Å². The number of hydrogen-bond donors (Lipinski definition) is 2. The topological polar surface area (TPSA) is 72.2 Å². The highest BCUT2D eigenvalue weighted by Gasteiger charge is 2.30. The van der Waals surface area contributed by atoms with Gasteiger partial charge in [-0.25, -0.2) is 13.1 Å². The van der Waals surface area contributed by atoms with Gasteiger partial charge in [-0.15, -0.1) is 0 Å². The lowest BCUT2D eigenvalue weighted by atomic mass is 10.1. The number of hydrogen-bond acceptors (Lipinski definition) is 3. The Hall–Kier alpha value is -1.19. The third kappa shape index (κ3) is 4.44. The Morgan fingerprint density at radius 2 is 2.00 bits per heavy atom. The molecule has 106 valence electrons. The van der Waals surface area contributed by atoms with Gasteiger partial charge in [0.25, 0.3) is 0 Å². The summed E-state index contributed by atoms with van der Waals surface area (Å²) in [6.07, 6.45) is -4.61. The average molecular weight is 312 g/mol. The molecule has 0 saturated heterocycles. The highest BCUT2D eigenvalue weighted by molar-refractivity contribution is 7.89. The van der Waals surface area contributed by atoms with E-state index in [0.717, 1.165) is 0 Å². The maximum atomic E-state index is 12.0. The maximum absolute atomic E-state index is 12.0. The summed E-state index contributed by atoms with van der Waals surface area (Å²) >= 11 is 4.72. The van der Waals surface area contributed by atoms with E-state index < -0.39 is 22.7 Å². The third-order valence-corrected chi connectivity index (χ3v) is 4.01. The van der Waals surface area contributed by atoms with E-state index in [0.29, 0.717) is 5.56 Å². The summed E-state index contributed by atoms with van der Waals surface area (Å²) in [6, 6.07) is 3.92. The fourth-order valence-corrected chi connectivity index (χ4v) is 2.72. The molecule has 4 nitrogen and oxygen atoms in total. The van der Waals surface area contributed by atoms with Gasteiger partial charge < -0.3 is 5.73 Å². The molecule has 0 heterocycles. The minimum absolute atomic E-state index is 0.0790. The molecular formula is C10H11F3N2O2S2. The van der Waals surface area contributed by atoms with E-state index in [1.165, 1.54) is 29.8 Å². The lowest BCUT2D eigenvalue weighted by Gasteiger charge is -2.12. The van der Waals surface area contributed by atoms with Gasteiger partial charge in [-0.05, 0) is 24.6 Å². The Labute approximate surface area is 113 Å². The van der Waals surface area contributed by atoms with Crippen LogP contribution in [-0.4, -0.2) is 26.1 Å². The van der Waals surface area contributed by atoms with Crippen LogP contribution in [0.4, 0.5) is 13.2 Å². The summed E-state index contributed by atoms with van der Waals surface area (Å²) < 4.78 is 60.9. The van der Waals surface area contributed by atoms with Crippen LogP contribution in [0.3, 0.4) is 0 Å². The van der Waals surface area contributed by atoms with E-state index >= 15 is 0 Å². The van der Waals surface area contributed by atoms with Gasteiger partial charge in [0.1, 0.15) is 11.5 Å². The van der Waals surface area contributed by atoms with Crippen molar-refractivity contribution in [2.75, 3.05) is 6.54 Å². The van der Waals surface area contributed by atoms with Crippen molar-refractivity contribution >= 4 is 27.2 Å². The fraction of sp³-hybridized carbons (Fsp3) is 0.300. The zero-order valence-electron chi connectivity index (χ0n) is 9.78. The lowest BCUT2D eigenvalue weighted by molar-refractivity contribution is -0.121. The first-order chi connectivity index (χ1) is 8.53. The van der Waals surface area contributed by atoms with Crippen molar-refractivity contribution in [3.05, 3.63) is 29.3 Å². The van der Waals surface area contributed by atoms with Crippen molar-refractivity contribution in [3.8, 4) is 0 Å². The molecule has 1 rings (SSSR count). The molecule has 0 fully saturated rings. The van der Waals surface area contributed by atoms with E-state index in [1.54, 1.807) is 0 Å². The van der Waals surface area contributed by atoms with Gasteiger partial charge in [0.05, 0.1) is 4.90 Å². The molecule has 0 atom stereocenters. The molecule has 0 aliphatic carbocycles. The van der Waals surface area contributed by atoms with E-state index in [1.807, 2.05) is 0 Å². The number of nitrogens with two attached hydrogens (primary N) is 1. The number of nitrogens with one attached hydrogen (secondary N) is 1. The number of rotatable bonds is 4. The lowest BCUT2D eigenvalue weighted by Crippen LogP contribution is -2.34. The molecule has 0 saturated carbocycles. The van der Waals surface area contributed by atoms with Crippen LogP contribution in [0.15, 0.2) is 23.1 Å². The van der Waals surface area contributed by atoms with Crippen molar-refractivity contribution in [1.29, 1.82) is 0 Å². The number of aryl methyl sites for hydroxylation is 1. The van der Waals surface area contributed by atoms with Gasteiger partial charge >= 0.3 is 6.18 Å². The van der Waals surface area contributed by atoms with Crippen molar-refractivity contribution in [1.82, 2.24) is 4.72 Å². The van der Waals surface area contributed by atoms with Crippen LogP contribution in [0.25, 0.3) is 0 Å². The summed E-state index contributed by atoms with van der Waals surface area (Å²) in [6.45, 7) is -0.171. The van der Waals surface area contributed by atoms with E-state index in [-0.39, 0.29) is 15.4 Å². The number of benzene rings is 1. The second-order valence-corrected chi connectivity index (χ2v) is 5.96. The predicted molar refractivity (Wildman–Crippen MR) is 68.3 cm³/mol. The number of halogens is 3. The van der Waals surface area contributed by atoms with Crippen molar-refractivity contribution < 1.29 is 21.6 Å². The molecular weight excluding hydrogens is 301 g/mol. The first kappa shape index (κ1) is 15.9. The molecule has 9 heteroatoms. The number of thiocarbonyl (C=S) groups is 1. The molecule has 0 aliphatic heterocycles. The smallest absolute Gasteiger partial charge is 0.389 e. The van der Waals surface area contributed by atoms with Gasteiger partial charge in [0, 0.05) is 5.56 Å². The van der Waals surface area contributed by atoms with Crippen LogP contribution in [0.5, 0.6) is 0 Å². The highest BCUT2D eigenvalue weighted by Crippen LogP contribution is 2.19. The Morgan fingerprint density at radius 3 is 2.42 bits per heavy atom. The van der Waals surface area contributed by atoms with Gasteiger partial charge in [-0.2, -0.15) is 13.2 Å². The SMILES string of the molecule is Cc1cc(C(N)=S)ccc1S(=O)(=O)NCC(F)(F)F. The Balaban J connectivity index is 3.06. The fourth-order valence-electron chi connectivity index (χ4n) is 1.36. The van der Waals surface area contributed by atoms with Crippen LogP contribution in [0.2, 0.25) is 0 Å². The second-order valence-electron chi connectivity index (χ2n) is 3.78. The summed E-state index contributed by atoms with van der Waals surface area (Å²) in [7, 11) is -4.22. The summed E-state index contributed by atoms with van der Waals surface area (Å²) in [4.78, 5) is -0.160. The predicted octanol–water partition coefficient (Wildman–Crippen LogP) is 1.47. The summed E-state index contributed by atoms with van der Waals surface area (Å²) in [5, 5.41) is 0. The molecule has 0 bridgehead atoms. The van der Waals surface area contributed by atoms with Crippen LogP contribution in [0, 0.1) is 6.92 Å². The van der Waals surface area contributed by atoms with E-state index in [2.05, 4.69) is 0 Å². The number of alkyl halides is 3. The van der Waals surface area contributed by atoms with Gasteiger partial charge in [-0.3, -0.25) is 0 Å². The van der Waals surface area contributed by atoms with Crippen molar-refractivity contribution in [3.63, 3.8) is 0 Å². The highest BCUT2D eigenvalue weighted by atomic mass is 32.2. The molecule has 0 aromatic heterocycles. The molecule has 0 unspecified atom stereocenters. The normalized spacial score (nSPS) is 12.4. The summed E-state index contributed by atoms with van der Waals surface area (Å²) in [5.74, 6) is 0. The zero-order valence-corrected chi connectivity index (χ0v) is 11.4. The molecule has 1 aromatic carbocycles. The second kappa shape index (κ2) is 5.43. The monoisotopic (exact) mass is 312 g/mol. The quantitative estimate of drug-likeness (QED) is 0.826. The van der Waals surface area contributed by atoms with Gasteiger partial charge in [0.2, 0.25) is 10.0 Å². The first-order valence-corrected chi connectivity index (χ1v) is 6.89. The largest absolute Gasteiger partial charge is 0.402 e. The molecule has 19 heavy (non-hydrogen) atoms. The van der Waals surface area contributed by atoms with Crippen molar-refractivity contribution in [2.45, 2.75) is 18.0 Å². The van der Waals surface area contributed by atoms with Crippen LogP contribution in [0.1, 0.15) is 11.1 Å². The maximum Gasteiger partial charge on any atom is 0.402 e. The zero-order chi connectivity index (χ0) is 14.8.